The molecule has 5 nitrogen and oxygen atoms in total. The minimum absolute atomic E-state index is 0.306. The summed E-state index contributed by atoms with van der Waals surface area (Å²) in [6.45, 7) is 0. The minimum atomic E-state index is -3.77. The molecule has 10 aromatic rings. The van der Waals surface area contributed by atoms with Crippen LogP contribution in [0.25, 0.3) is 78.4 Å². The van der Waals surface area contributed by atoms with Gasteiger partial charge >= 0.3 is 0 Å². The molecule has 298 valence electrons. The molecule has 1 unspecified atom stereocenters. The van der Waals surface area contributed by atoms with Crippen LogP contribution in [-0.2, 0) is 4.57 Å². The summed E-state index contributed by atoms with van der Waals surface area (Å²) in [5.74, 6) is 1.30. The summed E-state index contributed by atoms with van der Waals surface area (Å²) < 4.78 is 18.8. The van der Waals surface area contributed by atoms with E-state index in [-0.39, 0.29) is 0 Å². The maximum absolute atomic E-state index is 16.9. The molecule has 0 saturated carbocycles. The zero-order valence-corrected chi connectivity index (χ0v) is 35.1. The third kappa shape index (κ3) is 7.05. The van der Waals surface area contributed by atoms with Crippen molar-refractivity contribution in [2.45, 2.75) is 0 Å². The first-order valence-corrected chi connectivity index (χ1v) is 22.7. The quantitative estimate of drug-likeness (QED) is 0.143. The maximum atomic E-state index is 16.9. The Hall–Kier alpha value is -7.98. The Kier molecular flexibility index (Phi) is 9.73. The zero-order chi connectivity index (χ0) is 42.2. The Bertz CT molecular complexity index is 3250. The largest absolute Gasteiger partial charge is 0.289 e. The van der Waals surface area contributed by atoms with Gasteiger partial charge < -0.3 is 0 Å². The van der Waals surface area contributed by atoms with Crippen LogP contribution in [0.2, 0.25) is 0 Å². The molecular weight excluding hydrogens is 788 g/mol. The normalized spacial score (nSPS) is 14.1. The van der Waals surface area contributed by atoms with Crippen molar-refractivity contribution >= 4 is 29.5 Å². The molecule has 0 spiro atoms. The first-order chi connectivity index (χ1) is 31.1. The number of anilines is 2. The van der Waals surface area contributed by atoms with Gasteiger partial charge in [-0.05, 0) is 98.6 Å². The van der Waals surface area contributed by atoms with Gasteiger partial charge in [-0.2, -0.15) is 9.97 Å². The van der Waals surface area contributed by atoms with E-state index in [2.05, 4.69) is 133 Å². The molecule has 1 aliphatic heterocycles. The van der Waals surface area contributed by atoms with E-state index in [0.29, 0.717) is 28.2 Å². The summed E-state index contributed by atoms with van der Waals surface area (Å²) in [6, 6.07) is 80.6. The van der Waals surface area contributed by atoms with E-state index in [4.69, 9.17) is 15.0 Å². The lowest BCUT2D eigenvalue weighted by Gasteiger charge is -2.39. The van der Waals surface area contributed by atoms with Crippen LogP contribution in [0.3, 0.4) is 0 Å². The monoisotopic (exact) mass is 826 g/mol. The molecular formula is C57H39N4OP. The van der Waals surface area contributed by atoms with Crippen molar-refractivity contribution in [3.05, 3.63) is 237 Å². The van der Waals surface area contributed by atoms with Crippen molar-refractivity contribution < 1.29 is 4.57 Å². The summed E-state index contributed by atoms with van der Waals surface area (Å²) in [5, 5.41) is 1.39. The lowest BCUT2D eigenvalue weighted by molar-refractivity contribution is 0.586. The highest BCUT2D eigenvalue weighted by Crippen LogP contribution is 2.61. The molecule has 1 aromatic heterocycles. The average molecular weight is 827 g/mol. The number of benzene rings is 9. The smallest absolute Gasteiger partial charge is 0.240 e. The zero-order valence-electron chi connectivity index (χ0n) is 34.2. The van der Waals surface area contributed by atoms with E-state index in [1.807, 2.05) is 108 Å². The van der Waals surface area contributed by atoms with Crippen molar-refractivity contribution in [1.29, 1.82) is 0 Å². The third-order valence-electron chi connectivity index (χ3n) is 11.7. The van der Waals surface area contributed by atoms with Gasteiger partial charge in [-0.3, -0.25) is 9.24 Å². The molecule has 11 rings (SSSR count). The number of rotatable bonds is 8. The topological polar surface area (TPSA) is 59.0 Å². The molecule has 0 fully saturated rings. The van der Waals surface area contributed by atoms with Gasteiger partial charge in [0.1, 0.15) is 0 Å². The molecule has 0 N–H and O–H groups in total. The second-order valence-electron chi connectivity index (χ2n) is 15.6. The highest BCUT2D eigenvalue weighted by Gasteiger charge is 2.45. The lowest BCUT2D eigenvalue weighted by atomic mass is 9.92. The Morgan fingerprint density at radius 2 is 0.698 bits per heavy atom. The van der Waals surface area contributed by atoms with E-state index in [0.717, 1.165) is 72.4 Å². The summed E-state index contributed by atoms with van der Waals surface area (Å²) in [4.78, 5) is 15.4. The van der Waals surface area contributed by atoms with Crippen molar-refractivity contribution in [2.24, 2.45) is 0 Å². The fourth-order valence-corrected chi connectivity index (χ4v) is 11.5. The number of aromatic nitrogens is 3. The maximum Gasteiger partial charge on any atom is 0.240 e. The van der Waals surface area contributed by atoms with Gasteiger partial charge in [-0.25, -0.2) is 4.98 Å². The molecule has 63 heavy (non-hydrogen) atoms. The van der Waals surface area contributed by atoms with E-state index in [1.165, 1.54) is 0 Å². The van der Waals surface area contributed by atoms with Crippen LogP contribution in [0, 0.1) is 0 Å². The molecule has 1 aliphatic rings. The second kappa shape index (κ2) is 16.1. The molecule has 6 heteroatoms. The third-order valence-corrected chi connectivity index (χ3v) is 14.7. The van der Waals surface area contributed by atoms with Crippen LogP contribution < -0.4 is 15.3 Å². The predicted octanol–water partition coefficient (Wildman–Crippen LogP) is 13.9. The van der Waals surface area contributed by atoms with Crippen LogP contribution >= 0.6 is 7.29 Å². The standard InChI is InChI=1S/C57H39N4OP/c62-63(50-30-14-5-15-31-50)54-35-33-49(47-29-17-27-45(37-47)41-20-8-2-9-21-41)39-52(54)51-38-48(46-28-16-26-44(36-46)40-18-6-1-7-19-40)32-34-53(51)61(63)57-59-55(42-22-10-3-11-23-42)58-56(60-57)43-24-12-4-13-25-43/h1-39H. The molecule has 0 amide bonds. The molecule has 2 heterocycles. The summed E-state index contributed by atoms with van der Waals surface area (Å²) in [6.07, 6.45) is 0. The predicted molar refractivity (Wildman–Crippen MR) is 260 cm³/mol. The first kappa shape index (κ1) is 38.0. The van der Waals surface area contributed by atoms with Gasteiger partial charge in [0.05, 0.1) is 5.69 Å². The van der Waals surface area contributed by atoms with E-state index in [1.54, 1.807) is 0 Å². The fourth-order valence-electron chi connectivity index (χ4n) is 8.60. The highest BCUT2D eigenvalue weighted by molar-refractivity contribution is 7.80. The number of nitrogens with zero attached hydrogens (tertiary/aromatic N) is 4. The highest BCUT2D eigenvalue weighted by atomic mass is 31.2. The SMILES string of the molecule is O=P1(c2ccccc2)c2ccc(-c3cccc(-c4ccccc4)c3)cc2-c2cc(-c3cccc(-c4ccccc4)c3)ccc2N1c1nc(-c2ccccc2)nc(-c2ccccc2)n1. The molecule has 0 aliphatic carbocycles. The van der Waals surface area contributed by atoms with Crippen LogP contribution in [0.4, 0.5) is 11.6 Å². The molecule has 0 radical (unpaired) electrons. The summed E-state index contributed by atoms with van der Waals surface area (Å²) in [5.41, 5.74) is 13.0. The number of fused-ring (bicyclic) bond motifs is 3. The van der Waals surface area contributed by atoms with Gasteiger partial charge in [-0.15, -0.1) is 0 Å². The van der Waals surface area contributed by atoms with Gasteiger partial charge in [0, 0.05) is 27.3 Å². The van der Waals surface area contributed by atoms with E-state index >= 15 is 4.57 Å². The lowest BCUT2D eigenvalue weighted by Crippen LogP contribution is -2.34. The van der Waals surface area contributed by atoms with Crippen LogP contribution in [0.5, 0.6) is 0 Å². The molecule has 1 atom stereocenters. The van der Waals surface area contributed by atoms with Gasteiger partial charge in [-0.1, -0.05) is 188 Å². The fraction of sp³-hybridized carbons (Fsp3) is 0. The van der Waals surface area contributed by atoms with Crippen LogP contribution in [0.15, 0.2) is 237 Å². The van der Waals surface area contributed by atoms with Crippen LogP contribution in [-0.4, -0.2) is 15.0 Å². The molecule has 0 saturated heterocycles. The second-order valence-corrected chi connectivity index (χ2v) is 18.1. The first-order valence-electron chi connectivity index (χ1n) is 21.0. The van der Waals surface area contributed by atoms with Crippen molar-refractivity contribution in [2.75, 3.05) is 4.67 Å². The van der Waals surface area contributed by atoms with Crippen LogP contribution in [0.1, 0.15) is 0 Å². The average Bonchev–Trinajstić information content (AvgIpc) is 3.37. The Balaban J connectivity index is 1.17. The van der Waals surface area contributed by atoms with E-state index < -0.39 is 7.29 Å². The summed E-state index contributed by atoms with van der Waals surface area (Å²) >= 11 is 0. The Labute approximate surface area is 367 Å². The van der Waals surface area contributed by atoms with Gasteiger partial charge in [0.2, 0.25) is 13.2 Å². The van der Waals surface area contributed by atoms with Gasteiger partial charge in [0.15, 0.2) is 11.6 Å². The van der Waals surface area contributed by atoms with E-state index in [9.17, 15) is 0 Å². The van der Waals surface area contributed by atoms with Crippen molar-refractivity contribution in [3.8, 4) is 78.4 Å². The van der Waals surface area contributed by atoms with Gasteiger partial charge in [0.25, 0.3) is 0 Å². The summed E-state index contributed by atoms with van der Waals surface area (Å²) in [7, 11) is -3.77. The van der Waals surface area contributed by atoms with Crippen molar-refractivity contribution in [3.63, 3.8) is 0 Å². The Morgan fingerprint density at radius 3 is 1.19 bits per heavy atom. The molecule has 0 bridgehead atoms. The van der Waals surface area contributed by atoms with Crippen molar-refractivity contribution in [1.82, 2.24) is 15.0 Å². The minimum Gasteiger partial charge on any atom is -0.289 e. The molecule has 9 aromatic carbocycles. The number of hydrogen-bond donors (Lipinski definition) is 0. The number of hydrogen-bond acceptors (Lipinski definition) is 4. The Morgan fingerprint density at radius 1 is 0.317 bits per heavy atom.